The lowest BCUT2D eigenvalue weighted by Gasteiger charge is -2.24. The van der Waals surface area contributed by atoms with Gasteiger partial charge in [-0.1, -0.05) is 6.07 Å². The zero-order valence-corrected chi connectivity index (χ0v) is 11.1. The monoisotopic (exact) mass is 298 g/mol. The molecule has 1 heterocycles. The Labute approximate surface area is 119 Å². The largest absolute Gasteiger partial charge is 0.480 e. The number of likely N-dealkylation sites (tertiary alicyclic amines) is 1. The zero-order valence-electron chi connectivity index (χ0n) is 11.1. The van der Waals surface area contributed by atoms with Crippen LogP contribution in [-0.4, -0.2) is 45.1 Å². The number of carboxylic acids is 1. The van der Waals surface area contributed by atoms with Crippen LogP contribution in [0.1, 0.15) is 24.5 Å². The van der Waals surface area contributed by atoms with E-state index in [4.69, 9.17) is 5.11 Å². The van der Waals surface area contributed by atoms with Crippen molar-refractivity contribution >= 4 is 11.7 Å². The molecule has 21 heavy (non-hydrogen) atoms. The molecule has 0 aliphatic carbocycles. The number of nitro groups is 1. The standard InChI is InChI=1S/C13H15FN2O5/c14-9-4-3-8(6-11(9)16(20)21)12(17)7-15-5-1-2-10(15)13(18)19/h3-4,6,10,12,17H,1-2,5,7H2,(H,18,19). The van der Waals surface area contributed by atoms with Crippen molar-refractivity contribution < 1.29 is 24.3 Å². The molecule has 0 amide bonds. The molecular weight excluding hydrogens is 283 g/mol. The van der Waals surface area contributed by atoms with E-state index in [2.05, 4.69) is 0 Å². The van der Waals surface area contributed by atoms with Crippen LogP contribution in [0.5, 0.6) is 0 Å². The van der Waals surface area contributed by atoms with Crippen molar-refractivity contribution in [3.05, 3.63) is 39.7 Å². The molecule has 1 saturated heterocycles. The number of aliphatic carboxylic acids is 1. The zero-order chi connectivity index (χ0) is 15.6. The van der Waals surface area contributed by atoms with Gasteiger partial charge in [-0.3, -0.25) is 19.8 Å². The van der Waals surface area contributed by atoms with Crippen LogP contribution >= 0.6 is 0 Å². The number of hydrogen-bond donors (Lipinski definition) is 2. The van der Waals surface area contributed by atoms with Gasteiger partial charge in [0.2, 0.25) is 5.82 Å². The van der Waals surface area contributed by atoms with Crippen LogP contribution < -0.4 is 0 Å². The molecule has 114 valence electrons. The minimum atomic E-state index is -1.11. The van der Waals surface area contributed by atoms with Crippen molar-refractivity contribution in [2.45, 2.75) is 25.0 Å². The Balaban J connectivity index is 2.13. The van der Waals surface area contributed by atoms with Crippen LogP contribution in [0.4, 0.5) is 10.1 Å². The molecule has 0 radical (unpaired) electrons. The van der Waals surface area contributed by atoms with Crippen molar-refractivity contribution in [3.8, 4) is 0 Å². The molecule has 0 saturated carbocycles. The normalized spacial score (nSPS) is 20.4. The molecule has 0 aromatic heterocycles. The molecule has 1 aliphatic heterocycles. The first kappa shape index (κ1) is 15.3. The number of hydrogen-bond acceptors (Lipinski definition) is 5. The van der Waals surface area contributed by atoms with Crippen LogP contribution in [0, 0.1) is 15.9 Å². The maximum atomic E-state index is 13.2. The van der Waals surface area contributed by atoms with Crippen LogP contribution in [0.3, 0.4) is 0 Å². The Hall–Kier alpha value is -2.06. The summed E-state index contributed by atoms with van der Waals surface area (Å²) in [5.74, 6) is -1.93. The highest BCUT2D eigenvalue weighted by molar-refractivity contribution is 5.73. The van der Waals surface area contributed by atoms with Crippen molar-refractivity contribution in [1.82, 2.24) is 4.90 Å². The summed E-state index contributed by atoms with van der Waals surface area (Å²) in [6.07, 6.45) is 0.114. The molecule has 1 aliphatic rings. The van der Waals surface area contributed by atoms with Crippen molar-refractivity contribution in [2.24, 2.45) is 0 Å². The Morgan fingerprint density at radius 3 is 2.90 bits per heavy atom. The third-order valence-electron chi connectivity index (χ3n) is 3.61. The van der Waals surface area contributed by atoms with Gasteiger partial charge in [-0.2, -0.15) is 4.39 Å². The number of nitrogens with zero attached hydrogens (tertiary/aromatic N) is 2. The molecule has 2 rings (SSSR count). The highest BCUT2D eigenvalue weighted by Crippen LogP contribution is 2.26. The van der Waals surface area contributed by atoms with Crippen molar-refractivity contribution in [2.75, 3.05) is 13.1 Å². The SMILES string of the molecule is O=C(O)C1CCCN1CC(O)c1ccc(F)c([N+](=O)[O-])c1. The molecule has 0 spiro atoms. The van der Waals surface area contributed by atoms with E-state index in [0.717, 1.165) is 12.1 Å². The minimum absolute atomic E-state index is 0.0414. The molecule has 2 atom stereocenters. The van der Waals surface area contributed by atoms with Crippen LogP contribution in [-0.2, 0) is 4.79 Å². The van der Waals surface area contributed by atoms with E-state index >= 15 is 0 Å². The summed E-state index contributed by atoms with van der Waals surface area (Å²) in [5, 5.41) is 29.8. The summed E-state index contributed by atoms with van der Waals surface area (Å²) in [6, 6.07) is 2.51. The fraction of sp³-hybridized carbons (Fsp3) is 0.462. The summed E-state index contributed by atoms with van der Waals surface area (Å²) in [6.45, 7) is 0.580. The highest BCUT2D eigenvalue weighted by Gasteiger charge is 2.32. The van der Waals surface area contributed by atoms with Gasteiger partial charge >= 0.3 is 11.7 Å². The number of halogens is 1. The third-order valence-corrected chi connectivity index (χ3v) is 3.61. The topological polar surface area (TPSA) is 104 Å². The first-order valence-corrected chi connectivity index (χ1v) is 6.49. The van der Waals surface area contributed by atoms with Crippen molar-refractivity contribution in [3.63, 3.8) is 0 Å². The number of benzene rings is 1. The molecular formula is C13H15FN2O5. The lowest BCUT2D eigenvalue weighted by molar-refractivity contribution is -0.387. The van der Waals surface area contributed by atoms with E-state index in [1.165, 1.54) is 6.07 Å². The quantitative estimate of drug-likeness (QED) is 0.627. The van der Waals surface area contributed by atoms with E-state index in [0.29, 0.717) is 19.4 Å². The molecule has 1 aromatic carbocycles. The number of rotatable bonds is 5. The van der Waals surface area contributed by atoms with E-state index in [-0.39, 0.29) is 12.1 Å². The lowest BCUT2D eigenvalue weighted by atomic mass is 10.1. The Kier molecular flexibility index (Phi) is 4.49. The molecule has 2 unspecified atom stereocenters. The van der Waals surface area contributed by atoms with Crippen LogP contribution in [0.2, 0.25) is 0 Å². The first-order chi connectivity index (χ1) is 9.90. The van der Waals surface area contributed by atoms with Crippen LogP contribution in [0.15, 0.2) is 18.2 Å². The van der Waals surface area contributed by atoms with Crippen LogP contribution in [0.25, 0.3) is 0 Å². The van der Waals surface area contributed by atoms with E-state index in [1.54, 1.807) is 4.90 Å². The molecule has 2 N–H and O–H groups in total. The molecule has 1 fully saturated rings. The Morgan fingerprint density at radius 1 is 1.57 bits per heavy atom. The number of nitro benzene ring substituents is 1. The second kappa shape index (κ2) is 6.15. The number of carbonyl (C=O) groups is 1. The van der Waals surface area contributed by atoms with Gasteiger partial charge < -0.3 is 10.2 Å². The third kappa shape index (κ3) is 3.34. The van der Waals surface area contributed by atoms with E-state index < -0.39 is 34.5 Å². The second-order valence-electron chi connectivity index (χ2n) is 4.97. The first-order valence-electron chi connectivity index (χ1n) is 6.49. The molecule has 7 nitrogen and oxygen atoms in total. The summed E-state index contributed by atoms with van der Waals surface area (Å²) >= 11 is 0. The van der Waals surface area contributed by atoms with E-state index in [1.807, 2.05) is 0 Å². The average molecular weight is 298 g/mol. The summed E-state index contributed by atoms with van der Waals surface area (Å²) < 4.78 is 13.2. The summed E-state index contributed by atoms with van der Waals surface area (Å²) in [4.78, 5) is 22.5. The van der Waals surface area contributed by atoms with Gasteiger partial charge in [-0.25, -0.2) is 0 Å². The fourth-order valence-corrected chi connectivity index (χ4v) is 2.53. The number of β-amino-alcohol motifs (C(OH)–C–C–N with tert-alkyl or cyclic N) is 1. The highest BCUT2D eigenvalue weighted by atomic mass is 19.1. The number of aliphatic hydroxyl groups is 1. The minimum Gasteiger partial charge on any atom is -0.480 e. The van der Waals surface area contributed by atoms with E-state index in [9.17, 15) is 24.4 Å². The Morgan fingerprint density at radius 2 is 2.29 bits per heavy atom. The lowest BCUT2D eigenvalue weighted by Crippen LogP contribution is -2.38. The number of carboxylic acid groups (broad SMARTS) is 1. The molecule has 8 heteroatoms. The van der Waals surface area contributed by atoms with Gasteiger partial charge in [0, 0.05) is 12.6 Å². The maximum Gasteiger partial charge on any atom is 0.320 e. The second-order valence-corrected chi connectivity index (χ2v) is 4.97. The summed E-state index contributed by atoms with van der Waals surface area (Å²) in [5.41, 5.74) is -0.512. The Bertz CT molecular complexity index is 565. The fourth-order valence-electron chi connectivity index (χ4n) is 2.53. The maximum absolute atomic E-state index is 13.2. The molecule has 1 aromatic rings. The predicted octanol–water partition coefficient (Wildman–Crippen LogP) is 1.32. The average Bonchev–Trinajstić information content (AvgIpc) is 2.87. The van der Waals surface area contributed by atoms with Gasteiger partial charge in [-0.15, -0.1) is 0 Å². The molecule has 0 bridgehead atoms. The summed E-state index contributed by atoms with van der Waals surface area (Å²) in [7, 11) is 0. The number of aliphatic hydroxyl groups excluding tert-OH is 1. The van der Waals surface area contributed by atoms with Gasteiger partial charge in [0.15, 0.2) is 0 Å². The smallest absolute Gasteiger partial charge is 0.320 e. The van der Waals surface area contributed by atoms with Gasteiger partial charge in [-0.05, 0) is 31.0 Å². The van der Waals surface area contributed by atoms with Gasteiger partial charge in [0.05, 0.1) is 11.0 Å². The van der Waals surface area contributed by atoms with Gasteiger partial charge in [0.25, 0.3) is 0 Å². The predicted molar refractivity (Wildman–Crippen MR) is 70.2 cm³/mol. The van der Waals surface area contributed by atoms with Gasteiger partial charge in [0.1, 0.15) is 6.04 Å². The van der Waals surface area contributed by atoms with Crippen molar-refractivity contribution in [1.29, 1.82) is 0 Å².